The molecule has 0 aliphatic rings. The number of nitrogens with one attached hydrogen (secondary N) is 3. The highest BCUT2D eigenvalue weighted by Gasteiger charge is 2.12. The molecule has 2 heterocycles. The van der Waals surface area contributed by atoms with Crippen LogP contribution in [-0.4, -0.2) is 22.5 Å². The molecule has 31 heavy (non-hydrogen) atoms. The van der Waals surface area contributed by atoms with E-state index in [1.807, 2.05) is 43.3 Å². The van der Waals surface area contributed by atoms with E-state index >= 15 is 0 Å². The Balaban J connectivity index is 1.83. The van der Waals surface area contributed by atoms with Gasteiger partial charge in [-0.05, 0) is 59.3 Å². The summed E-state index contributed by atoms with van der Waals surface area (Å²) in [4.78, 5) is 20.6. The lowest BCUT2D eigenvalue weighted by Gasteiger charge is -2.15. The molecule has 0 unspecified atom stereocenters. The molecular weight excluding hydrogens is 388 g/mol. The third-order valence-electron chi connectivity index (χ3n) is 4.89. The van der Waals surface area contributed by atoms with E-state index in [0.29, 0.717) is 18.9 Å². The molecule has 2 amide bonds. The normalized spacial score (nSPS) is 10.6. The van der Waals surface area contributed by atoms with Crippen molar-refractivity contribution in [2.24, 2.45) is 5.73 Å². The number of rotatable bonds is 6. The van der Waals surface area contributed by atoms with Gasteiger partial charge in [0, 0.05) is 36.6 Å². The fraction of sp³-hybridized carbons (Fsp3) is 0.125. The van der Waals surface area contributed by atoms with E-state index < -0.39 is 0 Å². The maximum Gasteiger partial charge on any atom is 0.320 e. The SMILES string of the molecule is CCNC(=O)Nc1cc2c(-c3cccc(CN)c3)ccc(Nc3cccnc3)c2cn1. The number of pyridine rings is 2. The van der Waals surface area contributed by atoms with Crippen molar-refractivity contribution in [2.75, 3.05) is 17.2 Å². The standard InChI is InChI=1S/C24H24N6O/c1-2-27-24(31)30-23-12-20-19(17-6-3-5-16(11-17)13-25)8-9-22(21(20)15-28-23)29-18-7-4-10-26-14-18/h3-12,14-15,29H,2,13,25H2,1H3,(H2,27,28,30,31). The van der Waals surface area contributed by atoms with E-state index in [1.54, 1.807) is 18.6 Å². The second kappa shape index (κ2) is 9.23. The second-order valence-corrected chi connectivity index (χ2v) is 7.03. The summed E-state index contributed by atoms with van der Waals surface area (Å²) in [6.45, 7) is 2.88. The zero-order valence-electron chi connectivity index (χ0n) is 17.2. The Morgan fingerprint density at radius 3 is 2.71 bits per heavy atom. The number of benzene rings is 2. The highest BCUT2D eigenvalue weighted by molar-refractivity contribution is 6.05. The Bertz CT molecular complexity index is 1210. The van der Waals surface area contributed by atoms with Gasteiger partial charge >= 0.3 is 6.03 Å². The second-order valence-electron chi connectivity index (χ2n) is 7.03. The van der Waals surface area contributed by atoms with Gasteiger partial charge in [-0.2, -0.15) is 0 Å². The molecule has 0 spiro atoms. The summed E-state index contributed by atoms with van der Waals surface area (Å²) in [6.07, 6.45) is 5.27. The van der Waals surface area contributed by atoms with Gasteiger partial charge in [-0.15, -0.1) is 0 Å². The summed E-state index contributed by atoms with van der Waals surface area (Å²) < 4.78 is 0. The number of aromatic nitrogens is 2. The topological polar surface area (TPSA) is 105 Å². The van der Waals surface area contributed by atoms with E-state index in [4.69, 9.17) is 5.73 Å². The molecular formula is C24H24N6O. The summed E-state index contributed by atoms with van der Waals surface area (Å²) in [6, 6.07) is 17.7. The Morgan fingerprint density at radius 1 is 1.03 bits per heavy atom. The predicted octanol–water partition coefficient (Wildman–Crippen LogP) is 4.64. The number of hydrogen-bond acceptors (Lipinski definition) is 5. The highest BCUT2D eigenvalue weighted by atomic mass is 16.2. The smallest absolute Gasteiger partial charge is 0.320 e. The molecule has 4 aromatic rings. The summed E-state index contributed by atoms with van der Waals surface area (Å²) >= 11 is 0. The van der Waals surface area contributed by atoms with Crippen LogP contribution in [0.1, 0.15) is 12.5 Å². The van der Waals surface area contributed by atoms with Crippen molar-refractivity contribution in [3.05, 3.63) is 78.8 Å². The number of carbonyl (C=O) groups excluding carboxylic acids is 1. The molecule has 5 N–H and O–H groups in total. The lowest BCUT2D eigenvalue weighted by Crippen LogP contribution is -2.28. The van der Waals surface area contributed by atoms with E-state index in [1.165, 1.54) is 0 Å². The molecule has 0 saturated carbocycles. The first-order valence-corrected chi connectivity index (χ1v) is 10.1. The van der Waals surface area contributed by atoms with Gasteiger partial charge in [0.1, 0.15) is 5.82 Å². The van der Waals surface area contributed by atoms with Crippen molar-refractivity contribution in [3.63, 3.8) is 0 Å². The first-order chi connectivity index (χ1) is 15.2. The monoisotopic (exact) mass is 412 g/mol. The van der Waals surface area contributed by atoms with Gasteiger partial charge in [-0.1, -0.05) is 24.3 Å². The van der Waals surface area contributed by atoms with E-state index in [9.17, 15) is 4.79 Å². The quantitative estimate of drug-likeness (QED) is 0.369. The number of urea groups is 1. The Hall–Kier alpha value is -3.97. The highest BCUT2D eigenvalue weighted by Crippen LogP contribution is 2.35. The minimum absolute atomic E-state index is 0.286. The van der Waals surface area contributed by atoms with Crippen LogP contribution in [0.3, 0.4) is 0 Å². The van der Waals surface area contributed by atoms with Gasteiger partial charge in [-0.3, -0.25) is 10.3 Å². The number of amides is 2. The largest absolute Gasteiger partial charge is 0.354 e. The number of carbonyl (C=O) groups is 1. The van der Waals surface area contributed by atoms with Crippen LogP contribution in [0.4, 0.5) is 22.0 Å². The Morgan fingerprint density at radius 2 is 1.94 bits per heavy atom. The molecule has 156 valence electrons. The summed E-state index contributed by atoms with van der Waals surface area (Å²) in [7, 11) is 0. The van der Waals surface area contributed by atoms with Crippen molar-refractivity contribution in [1.82, 2.24) is 15.3 Å². The van der Waals surface area contributed by atoms with Crippen molar-refractivity contribution < 1.29 is 4.79 Å². The van der Waals surface area contributed by atoms with Crippen molar-refractivity contribution in [2.45, 2.75) is 13.5 Å². The molecule has 0 atom stereocenters. The zero-order chi connectivity index (χ0) is 21.6. The average molecular weight is 412 g/mol. The maximum absolute atomic E-state index is 12.0. The van der Waals surface area contributed by atoms with Gasteiger partial charge in [-0.25, -0.2) is 9.78 Å². The van der Waals surface area contributed by atoms with Gasteiger partial charge in [0.15, 0.2) is 0 Å². The van der Waals surface area contributed by atoms with Crippen LogP contribution >= 0.6 is 0 Å². The number of nitrogens with zero attached hydrogens (tertiary/aromatic N) is 2. The van der Waals surface area contributed by atoms with Crippen LogP contribution in [0.15, 0.2) is 73.2 Å². The maximum atomic E-state index is 12.0. The average Bonchev–Trinajstić information content (AvgIpc) is 2.80. The molecule has 0 bridgehead atoms. The van der Waals surface area contributed by atoms with Crippen LogP contribution in [0, 0.1) is 0 Å². The van der Waals surface area contributed by atoms with Crippen LogP contribution in [-0.2, 0) is 6.54 Å². The number of nitrogens with two attached hydrogens (primary N) is 1. The summed E-state index contributed by atoms with van der Waals surface area (Å²) in [5, 5.41) is 10.8. The van der Waals surface area contributed by atoms with E-state index in [-0.39, 0.29) is 6.03 Å². The molecule has 2 aromatic heterocycles. The van der Waals surface area contributed by atoms with Gasteiger partial charge < -0.3 is 16.4 Å². The van der Waals surface area contributed by atoms with Gasteiger partial charge in [0.05, 0.1) is 11.9 Å². The predicted molar refractivity (Wildman–Crippen MR) is 125 cm³/mol. The van der Waals surface area contributed by atoms with Crippen LogP contribution in [0.5, 0.6) is 0 Å². The first kappa shape index (κ1) is 20.3. The molecule has 0 aliphatic carbocycles. The van der Waals surface area contributed by atoms with Gasteiger partial charge in [0.25, 0.3) is 0 Å². The lowest BCUT2D eigenvalue weighted by molar-refractivity contribution is 0.252. The zero-order valence-corrected chi connectivity index (χ0v) is 17.2. The van der Waals surface area contributed by atoms with Crippen LogP contribution in [0.2, 0.25) is 0 Å². The van der Waals surface area contributed by atoms with Gasteiger partial charge in [0.2, 0.25) is 0 Å². The third kappa shape index (κ3) is 4.62. The van der Waals surface area contributed by atoms with Crippen molar-refractivity contribution in [1.29, 1.82) is 0 Å². The van der Waals surface area contributed by atoms with Crippen LogP contribution < -0.4 is 21.7 Å². The molecule has 4 rings (SSSR count). The molecule has 7 heteroatoms. The fourth-order valence-corrected chi connectivity index (χ4v) is 3.45. The molecule has 7 nitrogen and oxygen atoms in total. The lowest BCUT2D eigenvalue weighted by atomic mass is 9.96. The number of fused-ring (bicyclic) bond motifs is 1. The first-order valence-electron chi connectivity index (χ1n) is 10.1. The summed E-state index contributed by atoms with van der Waals surface area (Å²) in [5.41, 5.74) is 10.8. The molecule has 0 saturated heterocycles. The minimum Gasteiger partial charge on any atom is -0.354 e. The Kier molecular flexibility index (Phi) is 6.05. The van der Waals surface area contributed by atoms with Crippen molar-refractivity contribution in [3.8, 4) is 11.1 Å². The number of hydrogen-bond donors (Lipinski definition) is 4. The Labute approximate surface area is 180 Å². The molecule has 0 aliphatic heterocycles. The molecule has 0 fully saturated rings. The molecule has 2 aromatic carbocycles. The molecule has 0 radical (unpaired) electrons. The van der Waals surface area contributed by atoms with Crippen molar-refractivity contribution >= 4 is 34.0 Å². The minimum atomic E-state index is -0.286. The number of anilines is 3. The third-order valence-corrected chi connectivity index (χ3v) is 4.89. The van der Waals surface area contributed by atoms with Crippen LogP contribution in [0.25, 0.3) is 21.9 Å². The summed E-state index contributed by atoms with van der Waals surface area (Å²) in [5.74, 6) is 0.480. The van der Waals surface area contributed by atoms with E-state index in [0.717, 1.165) is 38.8 Å². The van der Waals surface area contributed by atoms with E-state index in [2.05, 4.69) is 44.1 Å². The fourth-order valence-electron chi connectivity index (χ4n) is 3.45.